The molecule has 3 aromatic rings. The highest BCUT2D eigenvalue weighted by atomic mass is 35.5. The Labute approximate surface area is 181 Å². The molecule has 2 heterocycles. The zero-order valence-corrected chi connectivity index (χ0v) is 18.0. The Morgan fingerprint density at radius 1 is 1.13 bits per heavy atom. The van der Waals surface area contributed by atoms with Gasteiger partial charge in [-0.2, -0.15) is 0 Å². The van der Waals surface area contributed by atoms with Crippen molar-refractivity contribution in [2.45, 2.75) is 46.1 Å². The van der Waals surface area contributed by atoms with Crippen LogP contribution in [0.4, 0.5) is 5.69 Å². The minimum absolute atomic E-state index is 0.0673. The maximum absolute atomic E-state index is 12.4. The Morgan fingerprint density at radius 2 is 2.00 bits per heavy atom. The van der Waals surface area contributed by atoms with E-state index in [0.717, 1.165) is 54.1 Å². The maximum Gasteiger partial charge on any atom is 0.262 e. The molecule has 2 aromatic carbocycles. The van der Waals surface area contributed by atoms with Crippen LogP contribution in [0.25, 0.3) is 11.4 Å². The van der Waals surface area contributed by atoms with Crippen molar-refractivity contribution in [3.63, 3.8) is 0 Å². The van der Waals surface area contributed by atoms with Crippen LogP contribution in [0.5, 0.6) is 5.75 Å². The van der Waals surface area contributed by atoms with Gasteiger partial charge in [0.15, 0.2) is 12.4 Å². The number of ether oxygens (including phenoxy) is 1. The van der Waals surface area contributed by atoms with E-state index in [2.05, 4.69) is 20.1 Å². The van der Waals surface area contributed by atoms with E-state index < -0.39 is 0 Å². The van der Waals surface area contributed by atoms with Crippen molar-refractivity contribution in [2.75, 3.05) is 11.9 Å². The van der Waals surface area contributed by atoms with Gasteiger partial charge in [0.2, 0.25) is 0 Å². The molecule has 30 heavy (non-hydrogen) atoms. The van der Waals surface area contributed by atoms with Crippen LogP contribution in [0.1, 0.15) is 36.2 Å². The third-order valence-electron chi connectivity index (χ3n) is 5.29. The summed E-state index contributed by atoms with van der Waals surface area (Å²) in [5, 5.41) is 12.2. The van der Waals surface area contributed by atoms with Crippen LogP contribution in [0.2, 0.25) is 5.02 Å². The highest BCUT2D eigenvalue weighted by Gasteiger charge is 2.18. The zero-order valence-electron chi connectivity index (χ0n) is 17.2. The van der Waals surface area contributed by atoms with E-state index in [1.807, 2.05) is 38.1 Å². The summed E-state index contributed by atoms with van der Waals surface area (Å²) in [6, 6.07) is 11.3. The molecule has 0 unspecified atom stereocenters. The average Bonchev–Trinajstić information content (AvgIpc) is 2.96. The molecule has 0 bridgehead atoms. The van der Waals surface area contributed by atoms with Crippen molar-refractivity contribution in [1.82, 2.24) is 14.8 Å². The highest BCUT2D eigenvalue weighted by molar-refractivity contribution is 6.33. The Balaban J connectivity index is 1.48. The van der Waals surface area contributed by atoms with Crippen LogP contribution in [-0.4, -0.2) is 27.3 Å². The third kappa shape index (κ3) is 4.49. The first kappa shape index (κ1) is 20.4. The molecular formula is C23H25ClN4O2. The van der Waals surface area contributed by atoms with Gasteiger partial charge in [-0.1, -0.05) is 35.7 Å². The van der Waals surface area contributed by atoms with Gasteiger partial charge < -0.3 is 14.6 Å². The van der Waals surface area contributed by atoms with Crippen LogP contribution in [0.3, 0.4) is 0 Å². The molecule has 4 rings (SSSR count). The quantitative estimate of drug-likeness (QED) is 0.628. The van der Waals surface area contributed by atoms with Gasteiger partial charge in [-0.15, -0.1) is 10.2 Å². The van der Waals surface area contributed by atoms with Crippen molar-refractivity contribution in [3.8, 4) is 17.1 Å². The molecule has 1 N–H and O–H groups in total. The minimum atomic E-state index is -0.233. The number of benzene rings is 2. The monoisotopic (exact) mass is 424 g/mol. The first-order valence-corrected chi connectivity index (χ1v) is 10.6. The number of rotatable bonds is 5. The number of carbonyl (C=O) groups excluding carboxylic acids is 1. The van der Waals surface area contributed by atoms with Gasteiger partial charge in [-0.05, 0) is 56.5 Å². The lowest BCUT2D eigenvalue weighted by Gasteiger charge is -2.12. The first-order chi connectivity index (χ1) is 14.5. The molecule has 1 aliphatic rings. The second-order valence-electron chi connectivity index (χ2n) is 7.70. The smallest absolute Gasteiger partial charge is 0.262 e. The van der Waals surface area contributed by atoms with Crippen molar-refractivity contribution < 1.29 is 9.53 Å². The van der Waals surface area contributed by atoms with E-state index >= 15 is 0 Å². The van der Waals surface area contributed by atoms with Gasteiger partial charge >= 0.3 is 0 Å². The second-order valence-corrected chi connectivity index (χ2v) is 8.11. The van der Waals surface area contributed by atoms with Crippen LogP contribution in [-0.2, 0) is 17.8 Å². The van der Waals surface area contributed by atoms with Crippen molar-refractivity contribution in [1.29, 1.82) is 0 Å². The van der Waals surface area contributed by atoms with Crippen LogP contribution >= 0.6 is 11.6 Å². The largest absolute Gasteiger partial charge is 0.483 e. The van der Waals surface area contributed by atoms with Crippen molar-refractivity contribution >= 4 is 23.2 Å². The molecular weight excluding hydrogens is 400 g/mol. The minimum Gasteiger partial charge on any atom is -0.483 e. The number of fused-ring (bicyclic) bond motifs is 1. The summed E-state index contributed by atoms with van der Waals surface area (Å²) < 4.78 is 7.82. The Bertz CT molecular complexity index is 1080. The van der Waals surface area contributed by atoms with E-state index in [4.69, 9.17) is 16.3 Å². The molecule has 7 heteroatoms. The Kier molecular flexibility index (Phi) is 6.04. The number of aryl methyl sites for hydroxylation is 3. The molecule has 0 spiro atoms. The van der Waals surface area contributed by atoms with Gasteiger partial charge in [0.05, 0.1) is 5.02 Å². The van der Waals surface area contributed by atoms with Crippen molar-refractivity contribution in [2.24, 2.45) is 0 Å². The summed E-state index contributed by atoms with van der Waals surface area (Å²) in [7, 11) is 0. The van der Waals surface area contributed by atoms with Gasteiger partial charge in [-0.3, -0.25) is 4.79 Å². The lowest BCUT2D eigenvalue weighted by Crippen LogP contribution is -2.20. The number of anilines is 1. The van der Waals surface area contributed by atoms with E-state index in [9.17, 15) is 4.79 Å². The number of aromatic nitrogens is 3. The molecule has 0 saturated heterocycles. The van der Waals surface area contributed by atoms with Gasteiger partial charge in [0.1, 0.15) is 11.6 Å². The number of nitrogens with zero attached hydrogens (tertiary/aromatic N) is 3. The Hall–Kier alpha value is -2.86. The summed E-state index contributed by atoms with van der Waals surface area (Å²) >= 11 is 6.46. The number of nitrogens with one attached hydrogen (secondary N) is 1. The predicted octanol–water partition coefficient (Wildman–Crippen LogP) is 4.96. The second kappa shape index (κ2) is 8.88. The number of hydrogen-bond acceptors (Lipinski definition) is 4. The third-order valence-corrected chi connectivity index (χ3v) is 5.62. The summed E-state index contributed by atoms with van der Waals surface area (Å²) in [6.45, 7) is 4.81. The fourth-order valence-corrected chi connectivity index (χ4v) is 3.96. The van der Waals surface area contributed by atoms with Gasteiger partial charge in [0.25, 0.3) is 5.91 Å². The summed E-state index contributed by atoms with van der Waals surface area (Å²) in [6.07, 6.45) is 4.34. The summed E-state index contributed by atoms with van der Waals surface area (Å²) in [4.78, 5) is 12.4. The van der Waals surface area contributed by atoms with E-state index in [0.29, 0.717) is 16.5 Å². The Morgan fingerprint density at radius 3 is 2.83 bits per heavy atom. The van der Waals surface area contributed by atoms with Crippen LogP contribution < -0.4 is 10.1 Å². The van der Waals surface area contributed by atoms with Crippen LogP contribution in [0, 0.1) is 13.8 Å². The lowest BCUT2D eigenvalue weighted by atomic mass is 10.1. The fraction of sp³-hybridized carbons (Fsp3) is 0.348. The molecule has 0 aliphatic carbocycles. The zero-order chi connectivity index (χ0) is 21.1. The van der Waals surface area contributed by atoms with Gasteiger partial charge in [0, 0.05) is 24.2 Å². The highest BCUT2D eigenvalue weighted by Crippen LogP contribution is 2.31. The first-order valence-electron chi connectivity index (χ1n) is 10.2. The molecule has 6 nitrogen and oxygen atoms in total. The summed E-state index contributed by atoms with van der Waals surface area (Å²) in [5.74, 6) is 2.22. The van der Waals surface area contributed by atoms with E-state index in [1.165, 1.54) is 6.42 Å². The topological polar surface area (TPSA) is 69.0 Å². The SMILES string of the molecule is Cc1ccc(OCC(=O)Nc2ccc(Cl)c(-c3nnc4n3CCCCC4)c2)c(C)c1. The van der Waals surface area contributed by atoms with Crippen LogP contribution in [0.15, 0.2) is 36.4 Å². The fourth-order valence-electron chi connectivity index (χ4n) is 3.76. The number of halogens is 1. The number of amides is 1. The van der Waals surface area contributed by atoms with E-state index in [1.54, 1.807) is 12.1 Å². The van der Waals surface area contributed by atoms with E-state index in [-0.39, 0.29) is 12.5 Å². The molecule has 0 fully saturated rings. The standard InChI is InChI=1S/C23H25ClN4O2/c1-15-7-10-20(16(2)12-15)30-14-22(29)25-17-8-9-19(24)18(13-17)23-27-26-21-6-4-3-5-11-28(21)23/h7-10,12-13H,3-6,11,14H2,1-2H3,(H,25,29). The summed E-state index contributed by atoms with van der Waals surface area (Å²) in [5.41, 5.74) is 3.58. The molecule has 1 aliphatic heterocycles. The van der Waals surface area contributed by atoms with Gasteiger partial charge in [-0.25, -0.2) is 0 Å². The molecule has 156 valence electrons. The normalized spacial score (nSPS) is 13.4. The molecule has 1 aromatic heterocycles. The molecule has 0 atom stereocenters. The molecule has 1 amide bonds. The van der Waals surface area contributed by atoms with Crippen molar-refractivity contribution in [3.05, 3.63) is 58.4 Å². The maximum atomic E-state index is 12.4. The predicted molar refractivity (Wildman–Crippen MR) is 118 cm³/mol. The molecule has 0 radical (unpaired) electrons. The lowest BCUT2D eigenvalue weighted by molar-refractivity contribution is -0.118. The average molecular weight is 425 g/mol. The number of carbonyl (C=O) groups is 1. The number of hydrogen-bond donors (Lipinski definition) is 1. The molecule has 0 saturated carbocycles.